The number of carbonyl (C=O) groups is 1. The van der Waals surface area contributed by atoms with Gasteiger partial charge in [-0.15, -0.1) is 0 Å². The van der Waals surface area contributed by atoms with Gasteiger partial charge in [-0.1, -0.05) is 49.2 Å². The molecule has 0 bridgehead atoms. The zero-order chi connectivity index (χ0) is 40.2. The Balaban J connectivity index is 1.09. The summed E-state index contributed by atoms with van der Waals surface area (Å²) in [6.07, 6.45) is 5.94. The van der Waals surface area contributed by atoms with Crippen LogP contribution >= 0.6 is 11.6 Å². The van der Waals surface area contributed by atoms with E-state index in [0.29, 0.717) is 18.9 Å². The highest BCUT2D eigenvalue weighted by Gasteiger charge is 2.30. The molecular formula is C45H52ClN5O5S. The Labute approximate surface area is 341 Å². The van der Waals surface area contributed by atoms with E-state index in [9.17, 15) is 13.2 Å². The number of ether oxygens (including phenoxy) is 2. The van der Waals surface area contributed by atoms with Crippen molar-refractivity contribution in [2.75, 3.05) is 63.2 Å². The predicted octanol–water partition coefficient (Wildman–Crippen LogP) is 9.28. The van der Waals surface area contributed by atoms with Crippen molar-refractivity contribution in [1.82, 2.24) is 14.6 Å². The number of piperazine rings is 1. The van der Waals surface area contributed by atoms with Gasteiger partial charge in [-0.2, -0.15) is 0 Å². The Morgan fingerprint density at radius 1 is 0.947 bits per heavy atom. The van der Waals surface area contributed by atoms with Gasteiger partial charge in [-0.3, -0.25) is 9.69 Å². The molecule has 0 radical (unpaired) electrons. The molecule has 1 aromatic heterocycles. The number of amides is 1. The third-order valence-electron chi connectivity index (χ3n) is 11.1. The molecular weight excluding hydrogens is 758 g/mol. The number of hydrogen-bond donors (Lipinski definition) is 3. The maximum absolute atomic E-state index is 13.9. The van der Waals surface area contributed by atoms with Crippen LogP contribution in [0.2, 0.25) is 5.02 Å². The van der Waals surface area contributed by atoms with E-state index < -0.39 is 15.9 Å². The summed E-state index contributed by atoms with van der Waals surface area (Å²) in [6.45, 7) is 12.1. The second-order valence-corrected chi connectivity index (χ2v) is 18.0. The molecule has 0 unspecified atom stereocenters. The molecule has 1 aliphatic heterocycles. The van der Waals surface area contributed by atoms with E-state index in [1.807, 2.05) is 61.7 Å². The number of allylic oxidation sites excluding steroid dienone is 1. The van der Waals surface area contributed by atoms with Gasteiger partial charge in [0.2, 0.25) is 0 Å². The maximum Gasteiger partial charge on any atom is 0.268 e. The van der Waals surface area contributed by atoms with Gasteiger partial charge in [0.05, 0.1) is 10.5 Å². The first-order valence-corrected chi connectivity index (χ1v) is 21.5. The van der Waals surface area contributed by atoms with Crippen molar-refractivity contribution in [3.63, 3.8) is 0 Å². The fourth-order valence-electron chi connectivity index (χ4n) is 7.82. The fourth-order valence-corrected chi connectivity index (χ4v) is 9.00. The number of fused-ring (bicyclic) bond motifs is 1. The van der Waals surface area contributed by atoms with E-state index in [-0.39, 0.29) is 21.6 Å². The van der Waals surface area contributed by atoms with Crippen molar-refractivity contribution in [3.8, 4) is 11.5 Å². The zero-order valence-corrected chi connectivity index (χ0v) is 34.7. The minimum Gasteiger partial charge on any atom is -0.456 e. The molecule has 1 fully saturated rings. The van der Waals surface area contributed by atoms with Gasteiger partial charge in [-0.05, 0) is 115 Å². The van der Waals surface area contributed by atoms with Crippen LogP contribution in [0.25, 0.3) is 16.5 Å². The van der Waals surface area contributed by atoms with Gasteiger partial charge in [0.1, 0.15) is 11.5 Å². The largest absolute Gasteiger partial charge is 0.456 e. The van der Waals surface area contributed by atoms with E-state index in [0.717, 1.165) is 84.9 Å². The number of aryl methyl sites for hydroxylation is 1. The van der Waals surface area contributed by atoms with Crippen LogP contribution in [0.1, 0.15) is 61.0 Å². The van der Waals surface area contributed by atoms with Crippen LogP contribution in [0.4, 0.5) is 11.4 Å². The van der Waals surface area contributed by atoms with E-state index >= 15 is 0 Å². The summed E-state index contributed by atoms with van der Waals surface area (Å²) < 4.78 is 41.1. The Kier molecular flexibility index (Phi) is 12.3. The Morgan fingerprint density at radius 2 is 1.74 bits per heavy atom. The fraction of sp³-hybridized carbons (Fsp3) is 0.356. The molecule has 12 heteroatoms. The van der Waals surface area contributed by atoms with E-state index in [4.69, 9.17) is 21.1 Å². The molecule has 7 rings (SSSR count). The number of sulfonamides is 1. The molecule has 2 aliphatic rings. The number of hydrogen-bond acceptors (Lipinski definition) is 8. The van der Waals surface area contributed by atoms with E-state index in [2.05, 4.69) is 50.8 Å². The number of methoxy groups -OCH3 is 1. The number of halogens is 1. The lowest BCUT2D eigenvalue weighted by Gasteiger charge is -2.39. The molecule has 1 saturated heterocycles. The number of aromatic amines is 1. The first kappa shape index (κ1) is 40.4. The standard InChI is InChI=1S/C45H52ClN5O5S/c1-31-27-36(14-16-40(31)47-20-6-26-55-4)57(53,54)49-44(52)38-15-13-35(28-43(38)56-42-8-5-7-41-37(42)18-21-48-41)51-24-22-50(23-25-51)30-33-17-19-45(2,3)29-39(33)32-9-11-34(46)12-10-32/h5,7-16,18,21,27-28,47-48H,6,17,19-20,22-26,29-30H2,1-4H3,(H,49,52). The quantitative estimate of drug-likeness (QED) is 0.0952. The van der Waals surface area contributed by atoms with Crippen molar-refractivity contribution in [1.29, 1.82) is 0 Å². The number of nitrogens with one attached hydrogen (secondary N) is 3. The number of H-pyrrole nitrogens is 1. The SMILES string of the molecule is COCCCNc1ccc(S(=O)(=O)NC(=O)c2ccc(N3CCN(CC4=C(c5ccc(Cl)cc5)CC(C)(C)CC4)CC3)cc2Oc2cccc3[nH]ccc23)cc1C. The highest BCUT2D eigenvalue weighted by molar-refractivity contribution is 7.90. The number of rotatable bonds is 14. The van der Waals surface area contributed by atoms with Gasteiger partial charge < -0.3 is 24.7 Å². The third-order valence-corrected chi connectivity index (χ3v) is 12.7. The summed E-state index contributed by atoms with van der Waals surface area (Å²) in [6, 6.07) is 26.0. The molecule has 57 heavy (non-hydrogen) atoms. The second-order valence-electron chi connectivity index (χ2n) is 15.9. The first-order chi connectivity index (χ1) is 27.4. The molecule has 5 aromatic rings. The number of nitrogens with zero attached hydrogens (tertiary/aromatic N) is 2. The van der Waals surface area contributed by atoms with Crippen molar-refractivity contribution in [2.45, 2.75) is 51.3 Å². The maximum atomic E-state index is 13.9. The lowest BCUT2D eigenvalue weighted by molar-refractivity contribution is 0.0979. The average molecular weight is 810 g/mol. The molecule has 10 nitrogen and oxygen atoms in total. The molecule has 3 N–H and O–H groups in total. The van der Waals surface area contributed by atoms with E-state index in [1.165, 1.54) is 29.2 Å². The Hall–Kier alpha value is -4.81. The van der Waals surface area contributed by atoms with Crippen molar-refractivity contribution in [2.24, 2.45) is 5.41 Å². The number of anilines is 2. The van der Waals surface area contributed by atoms with Crippen LogP contribution in [0.15, 0.2) is 102 Å². The van der Waals surface area contributed by atoms with Crippen LogP contribution in [0.5, 0.6) is 11.5 Å². The molecule has 1 aliphatic carbocycles. The van der Waals surface area contributed by atoms with Gasteiger partial charge in [0.15, 0.2) is 0 Å². The number of benzene rings is 4. The Bertz CT molecular complexity index is 2370. The minimum atomic E-state index is -4.20. The van der Waals surface area contributed by atoms with Crippen LogP contribution in [0, 0.1) is 12.3 Å². The lowest BCUT2D eigenvalue weighted by Crippen LogP contribution is -2.47. The van der Waals surface area contributed by atoms with Crippen molar-refractivity contribution < 1.29 is 22.7 Å². The molecule has 0 spiro atoms. The van der Waals surface area contributed by atoms with Gasteiger partial charge in [0, 0.05) is 92.5 Å². The first-order valence-electron chi connectivity index (χ1n) is 19.6. The van der Waals surface area contributed by atoms with Crippen LogP contribution in [-0.2, 0) is 14.8 Å². The second kappa shape index (κ2) is 17.4. The molecule has 300 valence electrons. The van der Waals surface area contributed by atoms with Crippen molar-refractivity contribution in [3.05, 3.63) is 118 Å². The van der Waals surface area contributed by atoms with Gasteiger partial charge in [0.25, 0.3) is 15.9 Å². The highest BCUT2D eigenvalue weighted by Crippen LogP contribution is 2.43. The van der Waals surface area contributed by atoms with Crippen molar-refractivity contribution >= 4 is 55.4 Å². The minimum absolute atomic E-state index is 0.00201. The summed E-state index contributed by atoms with van der Waals surface area (Å²) >= 11 is 6.24. The third kappa shape index (κ3) is 9.67. The Morgan fingerprint density at radius 3 is 2.49 bits per heavy atom. The highest BCUT2D eigenvalue weighted by atomic mass is 35.5. The molecule has 2 heterocycles. The van der Waals surface area contributed by atoms with Gasteiger partial charge >= 0.3 is 0 Å². The molecule has 1 amide bonds. The predicted molar refractivity (Wildman–Crippen MR) is 230 cm³/mol. The molecule has 0 atom stereocenters. The molecule has 0 saturated carbocycles. The summed E-state index contributed by atoms with van der Waals surface area (Å²) in [5, 5.41) is 4.90. The van der Waals surface area contributed by atoms with Crippen LogP contribution < -0.4 is 19.7 Å². The lowest BCUT2D eigenvalue weighted by atomic mass is 9.72. The number of carbonyl (C=O) groups excluding carboxylic acids is 1. The normalized spacial score (nSPS) is 16.2. The topological polar surface area (TPSA) is 116 Å². The zero-order valence-electron chi connectivity index (χ0n) is 33.2. The van der Waals surface area contributed by atoms with E-state index in [1.54, 1.807) is 25.3 Å². The summed E-state index contributed by atoms with van der Waals surface area (Å²) in [4.78, 5) is 21.9. The smallest absolute Gasteiger partial charge is 0.268 e. The molecule has 4 aromatic carbocycles. The summed E-state index contributed by atoms with van der Waals surface area (Å²) in [7, 11) is -2.55. The van der Waals surface area contributed by atoms with Crippen LogP contribution in [-0.4, -0.2) is 77.2 Å². The van der Waals surface area contributed by atoms with Gasteiger partial charge in [-0.25, -0.2) is 13.1 Å². The summed E-state index contributed by atoms with van der Waals surface area (Å²) in [5.74, 6) is 0.0467. The average Bonchev–Trinajstić information content (AvgIpc) is 3.68. The van der Waals surface area contributed by atoms with Crippen LogP contribution in [0.3, 0.4) is 0 Å². The summed E-state index contributed by atoms with van der Waals surface area (Å²) in [5.41, 5.74) is 7.93. The monoisotopic (exact) mass is 809 g/mol. The number of aromatic nitrogens is 1.